The van der Waals surface area contributed by atoms with Gasteiger partial charge in [-0.15, -0.1) is 0 Å². The molecule has 0 aliphatic rings. The number of benzene rings is 2. The van der Waals surface area contributed by atoms with Crippen molar-refractivity contribution in [2.45, 2.75) is 27.3 Å². The molecule has 0 radical (unpaired) electrons. The number of amides is 1. The fourth-order valence-corrected chi connectivity index (χ4v) is 3.73. The average molecular weight is 416 g/mol. The van der Waals surface area contributed by atoms with Crippen LogP contribution in [0.15, 0.2) is 63.8 Å². The molecule has 1 amide bonds. The molecule has 4 aromatic rings. The molecule has 0 unspecified atom stereocenters. The lowest BCUT2D eigenvalue weighted by molar-refractivity contribution is 0.0920. The molecule has 0 spiro atoms. The summed E-state index contributed by atoms with van der Waals surface area (Å²) in [6.45, 7) is 6.02. The van der Waals surface area contributed by atoms with Crippen molar-refractivity contribution in [1.82, 2.24) is 10.3 Å². The van der Waals surface area contributed by atoms with Gasteiger partial charge in [-0.2, -0.15) is 0 Å². The van der Waals surface area contributed by atoms with E-state index < -0.39 is 17.3 Å². The predicted octanol–water partition coefficient (Wildman–Crippen LogP) is 4.85. The number of hydrogen-bond donors (Lipinski definition) is 1. The second-order valence-electron chi connectivity index (χ2n) is 7.63. The molecule has 0 aliphatic heterocycles. The van der Waals surface area contributed by atoms with Gasteiger partial charge >= 0.3 is 5.63 Å². The largest absolute Gasteiger partial charge is 0.415 e. The number of nitrogens with one attached hydrogen (secondary N) is 1. The van der Waals surface area contributed by atoms with E-state index in [-0.39, 0.29) is 17.8 Å². The summed E-state index contributed by atoms with van der Waals surface area (Å²) >= 11 is 0. The number of aryl methyl sites for hydroxylation is 3. The zero-order chi connectivity index (χ0) is 22.1. The van der Waals surface area contributed by atoms with Gasteiger partial charge in [0.1, 0.15) is 5.82 Å². The summed E-state index contributed by atoms with van der Waals surface area (Å²) in [7, 11) is 0. The number of halogens is 1. The van der Waals surface area contributed by atoms with Crippen LogP contribution in [0.2, 0.25) is 0 Å². The van der Waals surface area contributed by atoms with Crippen LogP contribution >= 0.6 is 0 Å². The van der Waals surface area contributed by atoms with Crippen LogP contribution in [-0.2, 0) is 6.54 Å². The molecule has 4 rings (SSSR count). The minimum absolute atomic E-state index is 0.126. The standard InChI is InChI=1S/C25H21FN2O3/c1-14-10-15(2)12-17(11-14)13-27-24(29)23-21(18-5-7-19(26)8-6-18)20-9-4-16(3)28-22(20)25(30)31-23/h4-12H,13H2,1-3H3,(H,27,29). The fraction of sp³-hybridized carbons (Fsp3) is 0.160. The molecule has 0 saturated heterocycles. The van der Waals surface area contributed by atoms with Crippen molar-refractivity contribution in [1.29, 1.82) is 0 Å². The lowest BCUT2D eigenvalue weighted by atomic mass is 9.99. The molecular weight excluding hydrogens is 395 g/mol. The maximum absolute atomic E-state index is 13.5. The van der Waals surface area contributed by atoms with E-state index in [1.807, 2.05) is 26.0 Å². The SMILES string of the molecule is Cc1cc(C)cc(CNC(=O)c2oc(=O)c3nc(C)ccc3c2-c2ccc(F)cc2)c1. The Balaban J connectivity index is 1.81. The number of carbonyl (C=O) groups excluding carboxylic acids is 1. The summed E-state index contributed by atoms with van der Waals surface area (Å²) in [5.41, 5.74) is 4.17. The van der Waals surface area contributed by atoms with Crippen LogP contribution in [0.5, 0.6) is 0 Å². The van der Waals surface area contributed by atoms with Gasteiger partial charge in [0.25, 0.3) is 5.91 Å². The van der Waals surface area contributed by atoms with Gasteiger partial charge in [-0.05, 0) is 56.2 Å². The van der Waals surface area contributed by atoms with Gasteiger partial charge in [-0.3, -0.25) is 4.79 Å². The normalized spacial score (nSPS) is 11.0. The maximum atomic E-state index is 13.5. The highest BCUT2D eigenvalue weighted by atomic mass is 19.1. The van der Waals surface area contributed by atoms with Crippen molar-refractivity contribution in [3.8, 4) is 11.1 Å². The average Bonchev–Trinajstić information content (AvgIpc) is 2.72. The third-order valence-corrected chi connectivity index (χ3v) is 4.99. The smallest absolute Gasteiger partial charge is 0.363 e. The second-order valence-corrected chi connectivity index (χ2v) is 7.63. The number of rotatable bonds is 4. The van der Waals surface area contributed by atoms with Gasteiger partial charge in [0.05, 0.1) is 0 Å². The van der Waals surface area contributed by atoms with Crippen LogP contribution in [0, 0.1) is 26.6 Å². The van der Waals surface area contributed by atoms with Gasteiger partial charge in [-0.1, -0.05) is 41.5 Å². The molecule has 2 heterocycles. The Labute approximate surface area is 178 Å². The Morgan fingerprint density at radius 2 is 1.68 bits per heavy atom. The third-order valence-electron chi connectivity index (χ3n) is 4.99. The predicted molar refractivity (Wildman–Crippen MR) is 117 cm³/mol. The van der Waals surface area contributed by atoms with Crippen molar-refractivity contribution in [3.05, 3.63) is 99.0 Å². The number of carbonyl (C=O) groups is 1. The molecule has 0 aliphatic carbocycles. The topological polar surface area (TPSA) is 72.2 Å². The van der Waals surface area contributed by atoms with Gasteiger partial charge in [0.15, 0.2) is 5.52 Å². The van der Waals surface area contributed by atoms with E-state index in [2.05, 4.69) is 16.4 Å². The molecule has 5 nitrogen and oxygen atoms in total. The Hall–Kier alpha value is -3.80. The summed E-state index contributed by atoms with van der Waals surface area (Å²) in [5, 5.41) is 3.31. The monoisotopic (exact) mass is 416 g/mol. The molecule has 31 heavy (non-hydrogen) atoms. The molecule has 2 aromatic carbocycles. The highest BCUT2D eigenvalue weighted by Crippen LogP contribution is 2.30. The van der Waals surface area contributed by atoms with E-state index in [0.717, 1.165) is 16.7 Å². The molecule has 0 bridgehead atoms. The third kappa shape index (κ3) is 4.23. The van der Waals surface area contributed by atoms with Crippen molar-refractivity contribution in [2.24, 2.45) is 0 Å². The van der Waals surface area contributed by atoms with Crippen LogP contribution in [0.1, 0.15) is 32.9 Å². The minimum atomic E-state index is -0.693. The summed E-state index contributed by atoms with van der Waals surface area (Å²) in [5.74, 6) is -1.06. The summed E-state index contributed by atoms with van der Waals surface area (Å²) < 4.78 is 18.9. The molecule has 6 heteroatoms. The molecular formula is C25H21FN2O3. The van der Waals surface area contributed by atoms with E-state index in [9.17, 15) is 14.0 Å². The van der Waals surface area contributed by atoms with Crippen LogP contribution < -0.4 is 10.9 Å². The molecule has 2 aromatic heterocycles. The van der Waals surface area contributed by atoms with Crippen LogP contribution in [0.3, 0.4) is 0 Å². The van der Waals surface area contributed by atoms with Crippen molar-refractivity contribution in [2.75, 3.05) is 0 Å². The Kier molecular flexibility index (Phi) is 5.38. The lowest BCUT2D eigenvalue weighted by Gasteiger charge is -2.12. The molecule has 0 atom stereocenters. The van der Waals surface area contributed by atoms with Crippen molar-refractivity contribution in [3.63, 3.8) is 0 Å². The molecule has 1 N–H and O–H groups in total. The van der Waals surface area contributed by atoms with Gasteiger partial charge < -0.3 is 9.73 Å². The quantitative estimate of drug-likeness (QED) is 0.516. The zero-order valence-corrected chi connectivity index (χ0v) is 17.5. The maximum Gasteiger partial charge on any atom is 0.363 e. The fourth-order valence-electron chi connectivity index (χ4n) is 3.73. The summed E-state index contributed by atoms with van der Waals surface area (Å²) in [4.78, 5) is 29.9. The zero-order valence-electron chi connectivity index (χ0n) is 17.5. The summed E-state index contributed by atoms with van der Waals surface area (Å²) in [6, 6.07) is 15.2. The first-order chi connectivity index (χ1) is 14.8. The second kappa shape index (κ2) is 8.14. The molecule has 0 saturated carbocycles. The highest BCUT2D eigenvalue weighted by molar-refractivity contribution is 6.06. The van der Waals surface area contributed by atoms with Crippen molar-refractivity contribution < 1.29 is 13.6 Å². The minimum Gasteiger partial charge on any atom is -0.415 e. The number of aromatic nitrogens is 1. The Morgan fingerprint density at radius 1 is 1.00 bits per heavy atom. The first-order valence-electron chi connectivity index (χ1n) is 9.87. The number of nitrogens with zero attached hydrogens (tertiary/aromatic N) is 1. The Bertz CT molecular complexity index is 1340. The lowest BCUT2D eigenvalue weighted by Crippen LogP contribution is -2.25. The van der Waals surface area contributed by atoms with E-state index in [1.165, 1.54) is 12.1 Å². The molecule has 0 fully saturated rings. The van der Waals surface area contributed by atoms with Gasteiger partial charge in [0.2, 0.25) is 5.76 Å². The van der Waals surface area contributed by atoms with Crippen molar-refractivity contribution >= 4 is 16.8 Å². The van der Waals surface area contributed by atoms with Gasteiger partial charge in [-0.25, -0.2) is 14.2 Å². The van der Waals surface area contributed by atoms with Crippen LogP contribution in [0.25, 0.3) is 22.0 Å². The van der Waals surface area contributed by atoms with E-state index >= 15 is 0 Å². The Morgan fingerprint density at radius 3 is 2.35 bits per heavy atom. The van der Waals surface area contributed by atoms with Crippen LogP contribution in [-0.4, -0.2) is 10.9 Å². The van der Waals surface area contributed by atoms with E-state index in [4.69, 9.17) is 4.42 Å². The number of hydrogen-bond acceptors (Lipinski definition) is 4. The number of fused-ring (bicyclic) bond motifs is 1. The van der Waals surface area contributed by atoms with Gasteiger partial charge in [0, 0.05) is 23.2 Å². The number of pyridine rings is 1. The molecule has 156 valence electrons. The van der Waals surface area contributed by atoms with E-state index in [0.29, 0.717) is 22.2 Å². The first kappa shape index (κ1) is 20.5. The highest BCUT2D eigenvalue weighted by Gasteiger charge is 2.22. The van der Waals surface area contributed by atoms with E-state index in [1.54, 1.807) is 31.2 Å². The summed E-state index contributed by atoms with van der Waals surface area (Å²) in [6.07, 6.45) is 0. The van der Waals surface area contributed by atoms with Crippen LogP contribution in [0.4, 0.5) is 4.39 Å². The first-order valence-corrected chi connectivity index (χ1v) is 9.87.